The second-order valence-electron chi connectivity index (χ2n) is 5.09. The molecule has 0 unspecified atom stereocenters. The van der Waals surface area contributed by atoms with Gasteiger partial charge in [-0.15, -0.1) is 6.58 Å². The lowest BCUT2D eigenvalue weighted by Gasteiger charge is -2.41. The highest BCUT2D eigenvalue weighted by Gasteiger charge is 2.37. The molecular formula is C15H20O3. The lowest BCUT2D eigenvalue weighted by Crippen LogP contribution is -2.41. The van der Waals surface area contributed by atoms with Gasteiger partial charge in [0.1, 0.15) is 5.75 Å². The summed E-state index contributed by atoms with van der Waals surface area (Å²) in [6.07, 6.45) is 2.51. The SMILES string of the molecule is C=CC[C@@H]1COC(C)(C)O[C@@H]1c1ccccc1O. The summed E-state index contributed by atoms with van der Waals surface area (Å²) < 4.78 is 11.6. The third-order valence-electron chi connectivity index (χ3n) is 3.20. The third kappa shape index (κ3) is 2.74. The number of phenols is 1. The molecule has 0 spiro atoms. The molecule has 0 amide bonds. The Hall–Kier alpha value is -1.32. The van der Waals surface area contributed by atoms with E-state index in [1.807, 2.05) is 38.1 Å². The zero-order chi connectivity index (χ0) is 13.2. The molecule has 2 atom stereocenters. The second-order valence-corrected chi connectivity index (χ2v) is 5.09. The largest absolute Gasteiger partial charge is 0.508 e. The topological polar surface area (TPSA) is 38.7 Å². The lowest BCUT2D eigenvalue weighted by molar-refractivity contribution is -0.295. The summed E-state index contributed by atoms with van der Waals surface area (Å²) in [4.78, 5) is 0. The van der Waals surface area contributed by atoms with E-state index in [0.717, 1.165) is 12.0 Å². The molecule has 0 aromatic heterocycles. The average molecular weight is 248 g/mol. The summed E-state index contributed by atoms with van der Waals surface area (Å²) in [5, 5.41) is 9.97. The molecule has 1 saturated heterocycles. The molecule has 0 aliphatic carbocycles. The van der Waals surface area contributed by atoms with E-state index in [4.69, 9.17) is 9.47 Å². The summed E-state index contributed by atoms with van der Waals surface area (Å²) in [5.41, 5.74) is 0.820. The van der Waals surface area contributed by atoms with Crippen LogP contribution in [0.4, 0.5) is 0 Å². The third-order valence-corrected chi connectivity index (χ3v) is 3.20. The summed E-state index contributed by atoms with van der Waals surface area (Å²) in [5.74, 6) is -0.164. The molecule has 1 heterocycles. The Bertz CT molecular complexity index is 426. The molecule has 0 radical (unpaired) electrons. The van der Waals surface area contributed by atoms with Gasteiger partial charge in [-0.05, 0) is 26.3 Å². The average Bonchev–Trinajstić information content (AvgIpc) is 2.32. The number of benzene rings is 1. The van der Waals surface area contributed by atoms with E-state index in [2.05, 4.69) is 6.58 Å². The van der Waals surface area contributed by atoms with Gasteiger partial charge in [0.2, 0.25) is 0 Å². The molecular weight excluding hydrogens is 228 g/mol. The van der Waals surface area contributed by atoms with Gasteiger partial charge in [0, 0.05) is 11.5 Å². The van der Waals surface area contributed by atoms with Crippen LogP contribution in [0, 0.1) is 5.92 Å². The van der Waals surface area contributed by atoms with Crippen LogP contribution in [0.3, 0.4) is 0 Å². The van der Waals surface area contributed by atoms with Crippen molar-refractivity contribution in [3.8, 4) is 5.75 Å². The summed E-state index contributed by atoms with van der Waals surface area (Å²) >= 11 is 0. The van der Waals surface area contributed by atoms with Crippen LogP contribution in [0.1, 0.15) is 31.9 Å². The fraction of sp³-hybridized carbons (Fsp3) is 0.467. The Morgan fingerprint density at radius 1 is 1.44 bits per heavy atom. The molecule has 18 heavy (non-hydrogen) atoms. The molecule has 0 saturated carbocycles. The van der Waals surface area contributed by atoms with Crippen LogP contribution < -0.4 is 0 Å². The molecule has 1 N–H and O–H groups in total. The first kappa shape index (κ1) is 13.1. The quantitative estimate of drug-likeness (QED) is 0.833. The predicted molar refractivity (Wildman–Crippen MR) is 70.3 cm³/mol. The number of hydrogen-bond acceptors (Lipinski definition) is 3. The number of para-hydroxylation sites is 1. The van der Waals surface area contributed by atoms with Gasteiger partial charge in [0.15, 0.2) is 5.79 Å². The van der Waals surface area contributed by atoms with Gasteiger partial charge >= 0.3 is 0 Å². The van der Waals surface area contributed by atoms with E-state index in [9.17, 15) is 5.11 Å². The van der Waals surface area contributed by atoms with Gasteiger partial charge in [-0.25, -0.2) is 0 Å². The first-order valence-corrected chi connectivity index (χ1v) is 6.24. The van der Waals surface area contributed by atoms with Crippen LogP contribution >= 0.6 is 0 Å². The normalized spacial score (nSPS) is 26.8. The van der Waals surface area contributed by atoms with Gasteiger partial charge in [-0.1, -0.05) is 24.3 Å². The molecule has 1 aromatic rings. The second kappa shape index (κ2) is 5.12. The Morgan fingerprint density at radius 2 is 2.17 bits per heavy atom. The van der Waals surface area contributed by atoms with Crippen LogP contribution in [0.2, 0.25) is 0 Å². The van der Waals surface area contributed by atoms with Gasteiger partial charge in [-0.2, -0.15) is 0 Å². The van der Waals surface area contributed by atoms with Gasteiger partial charge < -0.3 is 14.6 Å². The standard InChI is InChI=1S/C15H20O3/c1-4-7-11-10-17-15(2,3)18-14(11)12-8-5-6-9-13(12)16/h4-6,8-9,11,14,16H,1,7,10H2,2-3H3/t11-,14+/m1/s1. The first-order chi connectivity index (χ1) is 8.53. The number of hydrogen-bond donors (Lipinski definition) is 1. The number of ether oxygens (including phenoxy) is 2. The maximum atomic E-state index is 9.97. The van der Waals surface area contributed by atoms with Crippen molar-refractivity contribution in [2.45, 2.75) is 32.2 Å². The molecule has 1 aliphatic rings. The van der Waals surface area contributed by atoms with Crippen molar-refractivity contribution in [1.29, 1.82) is 0 Å². The maximum Gasteiger partial charge on any atom is 0.163 e. The molecule has 3 nitrogen and oxygen atoms in total. The van der Waals surface area contributed by atoms with Gasteiger partial charge in [-0.3, -0.25) is 0 Å². The maximum absolute atomic E-state index is 9.97. The summed E-state index contributed by atoms with van der Waals surface area (Å²) in [6, 6.07) is 7.31. The molecule has 1 aliphatic heterocycles. The van der Waals surface area contributed by atoms with Crippen LogP contribution in [0.15, 0.2) is 36.9 Å². The van der Waals surface area contributed by atoms with E-state index in [-0.39, 0.29) is 17.8 Å². The van der Waals surface area contributed by atoms with Crippen molar-refractivity contribution in [3.05, 3.63) is 42.5 Å². The molecule has 0 bridgehead atoms. The minimum atomic E-state index is -0.620. The minimum Gasteiger partial charge on any atom is -0.508 e. The van der Waals surface area contributed by atoms with Gasteiger partial charge in [0.05, 0.1) is 12.7 Å². The smallest absolute Gasteiger partial charge is 0.163 e. The van der Waals surface area contributed by atoms with Crippen LogP contribution in [0.25, 0.3) is 0 Å². The Labute approximate surface area is 108 Å². The Balaban J connectivity index is 2.30. The van der Waals surface area contributed by atoms with Crippen molar-refractivity contribution in [3.63, 3.8) is 0 Å². The minimum absolute atomic E-state index is 0.159. The van der Waals surface area contributed by atoms with Crippen molar-refractivity contribution in [2.24, 2.45) is 5.92 Å². The summed E-state index contributed by atoms with van der Waals surface area (Å²) in [7, 11) is 0. The number of rotatable bonds is 3. The molecule has 1 fully saturated rings. The fourth-order valence-corrected chi connectivity index (χ4v) is 2.28. The monoisotopic (exact) mass is 248 g/mol. The van der Waals surface area contributed by atoms with Crippen LogP contribution in [-0.4, -0.2) is 17.5 Å². The van der Waals surface area contributed by atoms with E-state index < -0.39 is 5.79 Å². The number of aromatic hydroxyl groups is 1. The van der Waals surface area contributed by atoms with Gasteiger partial charge in [0.25, 0.3) is 0 Å². The predicted octanol–water partition coefficient (Wildman–Crippen LogP) is 3.41. The van der Waals surface area contributed by atoms with Crippen molar-refractivity contribution >= 4 is 0 Å². The highest BCUT2D eigenvalue weighted by molar-refractivity contribution is 5.34. The molecule has 98 valence electrons. The van der Waals surface area contributed by atoms with E-state index in [1.165, 1.54) is 0 Å². The zero-order valence-corrected chi connectivity index (χ0v) is 10.9. The Kier molecular flexibility index (Phi) is 3.73. The van der Waals surface area contributed by atoms with E-state index >= 15 is 0 Å². The molecule has 3 heteroatoms. The first-order valence-electron chi connectivity index (χ1n) is 6.24. The van der Waals surface area contributed by atoms with Crippen molar-refractivity contribution in [1.82, 2.24) is 0 Å². The fourth-order valence-electron chi connectivity index (χ4n) is 2.28. The Morgan fingerprint density at radius 3 is 2.83 bits per heavy atom. The lowest BCUT2D eigenvalue weighted by atomic mass is 9.91. The molecule has 2 rings (SSSR count). The number of phenolic OH excluding ortho intramolecular Hbond substituents is 1. The van der Waals surface area contributed by atoms with E-state index in [1.54, 1.807) is 6.07 Å². The highest BCUT2D eigenvalue weighted by Crippen LogP contribution is 2.41. The molecule has 1 aromatic carbocycles. The van der Waals surface area contributed by atoms with Crippen LogP contribution in [0.5, 0.6) is 5.75 Å². The number of allylic oxidation sites excluding steroid dienone is 1. The zero-order valence-electron chi connectivity index (χ0n) is 10.9. The summed E-state index contributed by atoms with van der Waals surface area (Å²) in [6.45, 7) is 8.16. The van der Waals surface area contributed by atoms with E-state index in [0.29, 0.717) is 6.61 Å². The van der Waals surface area contributed by atoms with Crippen molar-refractivity contribution < 1.29 is 14.6 Å². The van der Waals surface area contributed by atoms with Crippen LogP contribution in [-0.2, 0) is 9.47 Å². The highest BCUT2D eigenvalue weighted by atomic mass is 16.7. The van der Waals surface area contributed by atoms with Crippen molar-refractivity contribution in [2.75, 3.05) is 6.61 Å².